The van der Waals surface area contributed by atoms with Crippen LogP contribution in [-0.4, -0.2) is 48.3 Å². The number of aliphatic hydroxyl groups excluding tert-OH is 1. The lowest BCUT2D eigenvalue weighted by Gasteiger charge is -2.42. The molecule has 3 rings (SSSR count). The smallest absolute Gasteiger partial charge is 0.0541 e. The maximum Gasteiger partial charge on any atom is 0.0541 e. The highest BCUT2D eigenvalue weighted by Crippen LogP contribution is 2.27. The Morgan fingerprint density at radius 3 is 2.29 bits per heavy atom. The molecule has 3 nitrogen and oxygen atoms in total. The van der Waals surface area contributed by atoms with Gasteiger partial charge in [-0.1, -0.05) is 12.1 Å². The summed E-state index contributed by atoms with van der Waals surface area (Å²) in [6, 6.07) is 7.33. The first-order chi connectivity index (χ1) is 10.1. The number of aryl methyl sites for hydroxylation is 1. The second kappa shape index (κ2) is 6.37. The van der Waals surface area contributed by atoms with Crippen molar-refractivity contribution in [2.75, 3.05) is 31.1 Å². The molecule has 1 aliphatic carbocycles. The van der Waals surface area contributed by atoms with Crippen LogP contribution < -0.4 is 4.90 Å². The Morgan fingerprint density at radius 1 is 0.952 bits per heavy atom. The fourth-order valence-corrected chi connectivity index (χ4v) is 3.83. The minimum Gasteiger partial charge on any atom is -0.393 e. The van der Waals surface area contributed by atoms with Crippen molar-refractivity contribution < 1.29 is 5.11 Å². The molecular weight excluding hydrogens is 260 g/mol. The van der Waals surface area contributed by atoms with Crippen LogP contribution in [0.5, 0.6) is 0 Å². The lowest BCUT2D eigenvalue weighted by atomic mass is 9.91. The van der Waals surface area contributed by atoms with Crippen molar-refractivity contribution >= 4 is 5.69 Å². The van der Waals surface area contributed by atoms with E-state index in [-0.39, 0.29) is 6.10 Å². The van der Waals surface area contributed by atoms with Gasteiger partial charge in [-0.05, 0) is 56.7 Å². The van der Waals surface area contributed by atoms with Gasteiger partial charge in [0, 0.05) is 37.9 Å². The van der Waals surface area contributed by atoms with Gasteiger partial charge in [-0.15, -0.1) is 0 Å². The predicted octanol–water partition coefficient (Wildman–Crippen LogP) is 2.73. The lowest BCUT2D eigenvalue weighted by Crippen LogP contribution is -2.51. The number of piperazine rings is 1. The molecule has 116 valence electrons. The van der Waals surface area contributed by atoms with Gasteiger partial charge in [0.1, 0.15) is 0 Å². The topological polar surface area (TPSA) is 26.7 Å². The van der Waals surface area contributed by atoms with E-state index in [0.717, 1.165) is 39.0 Å². The number of hydrogen-bond donors (Lipinski definition) is 1. The quantitative estimate of drug-likeness (QED) is 0.906. The van der Waals surface area contributed by atoms with Gasteiger partial charge >= 0.3 is 0 Å². The Balaban J connectivity index is 1.59. The van der Waals surface area contributed by atoms with E-state index in [0.29, 0.717) is 6.04 Å². The summed E-state index contributed by atoms with van der Waals surface area (Å²) in [5.74, 6) is 0. The molecule has 1 aromatic rings. The van der Waals surface area contributed by atoms with Crippen LogP contribution in [-0.2, 0) is 0 Å². The van der Waals surface area contributed by atoms with Crippen LogP contribution in [0.25, 0.3) is 0 Å². The number of rotatable bonds is 2. The number of benzene rings is 1. The molecule has 3 heteroatoms. The van der Waals surface area contributed by atoms with E-state index in [4.69, 9.17) is 0 Å². The first-order valence-corrected chi connectivity index (χ1v) is 8.38. The van der Waals surface area contributed by atoms with Crippen molar-refractivity contribution in [3.05, 3.63) is 29.3 Å². The summed E-state index contributed by atoms with van der Waals surface area (Å²) >= 11 is 0. The zero-order valence-electron chi connectivity index (χ0n) is 13.4. The van der Waals surface area contributed by atoms with Gasteiger partial charge in [0.2, 0.25) is 0 Å². The van der Waals surface area contributed by atoms with Crippen molar-refractivity contribution in [1.29, 1.82) is 0 Å². The lowest BCUT2D eigenvalue weighted by molar-refractivity contribution is 0.0711. The average Bonchev–Trinajstić information content (AvgIpc) is 2.51. The van der Waals surface area contributed by atoms with Gasteiger partial charge in [-0.25, -0.2) is 0 Å². The van der Waals surface area contributed by atoms with Crippen molar-refractivity contribution in [3.8, 4) is 0 Å². The highest BCUT2D eigenvalue weighted by atomic mass is 16.3. The highest BCUT2D eigenvalue weighted by molar-refractivity contribution is 5.56. The van der Waals surface area contributed by atoms with Crippen molar-refractivity contribution in [2.45, 2.75) is 51.7 Å². The van der Waals surface area contributed by atoms with E-state index in [1.807, 2.05) is 0 Å². The number of hydrogen-bond acceptors (Lipinski definition) is 3. The molecule has 2 fully saturated rings. The average molecular weight is 288 g/mol. The molecule has 0 amide bonds. The van der Waals surface area contributed by atoms with Gasteiger partial charge in [-0.3, -0.25) is 4.90 Å². The number of aliphatic hydroxyl groups is 1. The van der Waals surface area contributed by atoms with Crippen LogP contribution >= 0.6 is 0 Å². The normalized spacial score (nSPS) is 27.9. The molecule has 0 bridgehead atoms. The SMILES string of the molecule is Cc1cccc(N2CCN(C3CCC(O)CC3)CC2)c1C. The molecule has 0 radical (unpaired) electrons. The van der Waals surface area contributed by atoms with Gasteiger partial charge in [0.05, 0.1) is 6.10 Å². The van der Waals surface area contributed by atoms with E-state index in [9.17, 15) is 5.11 Å². The van der Waals surface area contributed by atoms with E-state index in [2.05, 4.69) is 41.8 Å². The second-order valence-electron chi connectivity index (χ2n) is 6.70. The minimum absolute atomic E-state index is 0.0440. The standard InChI is InChI=1S/C18H28N2O/c1-14-4-3-5-18(15(14)2)20-12-10-19(11-13-20)16-6-8-17(21)9-7-16/h3-5,16-17,21H,6-13H2,1-2H3. The molecule has 0 aromatic heterocycles. The molecule has 0 atom stereocenters. The maximum atomic E-state index is 9.65. The van der Waals surface area contributed by atoms with Crippen LogP contribution in [0.15, 0.2) is 18.2 Å². The van der Waals surface area contributed by atoms with Crippen LogP contribution in [0.1, 0.15) is 36.8 Å². The number of nitrogens with zero attached hydrogens (tertiary/aromatic N) is 2. The van der Waals surface area contributed by atoms with E-state index in [1.54, 1.807) is 0 Å². The monoisotopic (exact) mass is 288 g/mol. The summed E-state index contributed by atoms with van der Waals surface area (Å²) in [5.41, 5.74) is 4.22. The third-order valence-corrected chi connectivity index (χ3v) is 5.41. The first-order valence-electron chi connectivity index (χ1n) is 8.38. The summed E-state index contributed by atoms with van der Waals surface area (Å²) < 4.78 is 0. The van der Waals surface area contributed by atoms with Crippen molar-refractivity contribution in [2.24, 2.45) is 0 Å². The fourth-order valence-electron chi connectivity index (χ4n) is 3.83. The molecule has 21 heavy (non-hydrogen) atoms. The molecule has 1 N–H and O–H groups in total. The molecule has 0 spiro atoms. The van der Waals surface area contributed by atoms with Crippen molar-refractivity contribution in [1.82, 2.24) is 4.90 Å². The van der Waals surface area contributed by atoms with E-state index < -0.39 is 0 Å². The van der Waals surface area contributed by atoms with Gasteiger partial charge in [0.25, 0.3) is 0 Å². The molecule has 1 aliphatic heterocycles. The Labute approximate surface area is 128 Å². The number of anilines is 1. The summed E-state index contributed by atoms with van der Waals surface area (Å²) in [6.45, 7) is 9.01. The highest BCUT2D eigenvalue weighted by Gasteiger charge is 2.27. The zero-order valence-corrected chi connectivity index (χ0v) is 13.4. The predicted molar refractivity (Wildman–Crippen MR) is 88.0 cm³/mol. The first kappa shape index (κ1) is 14.9. The Hall–Kier alpha value is -1.06. The summed E-state index contributed by atoms with van der Waals surface area (Å²) in [4.78, 5) is 5.18. The maximum absolute atomic E-state index is 9.65. The fraction of sp³-hybridized carbons (Fsp3) is 0.667. The van der Waals surface area contributed by atoms with E-state index in [1.165, 1.54) is 29.7 Å². The minimum atomic E-state index is -0.0440. The molecule has 2 aliphatic rings. The van der Waals surface area contributed by atoms with Gasteiger partial charge < -0.3 is 10.0 Å². The van der Waals surface area contributed by atoms with Crippen LogP contribution in [0.3, 0.4) is 0 Å². The Kier molecular flexibility index (Phi) is 4.51. The molecular formula is C18H28N2O. The summed E-state index contributed by atoms with van der Waals surface area (Å²) in [7, 11) is 0. The molecule has 1 saturated heterocycles. The zero-order chi connectivity index (χ0) is 14.8. The third-order valence-electron chi connectivity index (χ3n) is 5.41. The summed E-state index contributed by atoms with van der Waals surface area (Å²) in [6.07, 6.45) is 4.27. The van der Waals surface area contributed by atoms with Crippen LogP contribution in [0, 0.1) is 13.8 Å². The van der Waals surface area contributed by atoms with Gasteiger partial charge in [-0.2, -0.15) is 0 Å². The summed E-state index contributed by atoms with van der Waals surface area (Å²) in [5, 5.41) is 9.65. The third kappa shape index (κ3) is 3.24. The Bertz CT molecular complexity index is 472. The van der Waals surface area contributed by atoms with Crippen molar-refractivity contribution in [3.63, 3.8) is 0 Å². The Morgan fingerprint density at radius 2 is 1.62 bits per heavy atom. The molecule has 1 saturated carbocycles. The van der Waals surface area contributed by atoms with Crippen LogP contribution in [0.4, 0.5) is 5.69 Å². The molecule has 0 unspecified atom stereocenters. The van der Waals surface area contributed by atoms with E-state index >= 15 is 0 Å². The molecule has 1 heterocycles. The van der Waals surface area contributed by atoms with Gasteiger partial charge in [0.15, 0.2) is 0 Å². The molecule has 1 aromatic carbocycles. The largest absolute Gasteiger partial charge is 0.393 e. The van der Waals surface area contributed by atoms with Crippen LogP contribution in [0.2, 0.25) is 0 Å². The second-order valence-corrected chi connectivity index (χ2v) is 6.70.